The highest BCUT2D eigenvalue weighted by atomic mass is 31.1. The number of carbonyl (C=O) groups excluding carboxylic acids is 2. The minimum Gasteiger partial charge on any atom is -0.469 e. The van der Waals surface area contributed by atoms with Crippen molar-refractivity contribution in [2.75, 3.05) is 13.7 Å². The number of β-lactam (4-membered cyclic amide) rings is 1. The average Bonchev–Trinajstić information content (AvgIpc) is 3.02. The van der Waals surface area contributed by atoms with E-state index in [1.165, 1.54) is 4.90 Å². The molecule has 8 heteroatoms. The van der Waals surface area contributed by atoms with Crippen molar-refractivity contribution in [1.29, 1.82) is 0 Å². The van der Waals surface area contributed by atoms with Crippen LogP contribution in [-0.2, 0) is 13.9 Å². The third-order valence-electron chi connectivity index (χ3n) is 8.36. The lowest BCUT2D eigenvalue weighted by molar-refractivity contribution is -0.192. The number of benzene rings is 3. The fourth-order valence-electron chi connectivity index (χ4n) is 5.85. The quantitative estimate of drug-likeness (QED) is 0.148. The molecule has 0 aromatic heterocycles. The first-order valence-electron chi connectivity index (χ1n) is 14.9. The summed E-state index contributed by atoms with van der Waals surface area (Å²) >= 11 is 0. The third kappa shape index (κ3) is 6.13. The van der Waals surface area contributed by atoms with Crippen LogP contribution in [0.4, 0.5) is 4.79 Å². The van der Waals surface area contributed by atoms with Crippen LogP contribution >= 0.6 is 8.03 Å². The molecule has 1 saturated heterocycles. The summed E-state index contributed by atoms with van der Waals surface area (Å²) in [6.45, 7) is 8.20. The molecule has 4 atom stereocenters. The van der Waals surface area contributed by atoms with Crippen molar-refractivity contribution < 1.29 is 23.4 Å². The number of hydrogen-bond acceptors (Lipinski definition) is 5. The molecule has 4 unspecified atom stereocenters. The first-order chi connectivity index (χ1) is 20.3. The molecule has 0 aliphatic carbocycles. The zero-order chi connectivity index (χ0) is 30.3. The summed E-state index contributed by atoms with van der Waals surface area (Å²) in [5, 5.41) is 0. The molecule has 0 spiro atoms. The molecule has 1 aliphatic heterocycles. The van der Waals surface area contributed by atoms with Crippen molar-refractivity contribution in [2.45, 2.75) is 71.3 Å². The van der Waals surface area contributed by atoms with Gasteiger partial charge in [-0.3, -0.25) is 4.79 Å². The largest absolute Gasteiger partial charge is 0.521 e. The summed E-state index contributed by atoms with van der Waals surface area (Å²) in [4.78, 5) is 30.4. The van der Waals surface area contributed by atoms with Crippen LogP contribution in [0.5, 0.6) is 5.75 Å². The van der Waals surface area contributed by atoms with E-state index in [4.69, 9.17) is 9.26 Å². The zero-order valence-electron chi connectivity index (χ0n) is 25.2. The van der Waals surface area contributed by atoms with E-state index in [1.54, 1.807) is 11.9 Å². The van der Waals surface area contributed by atoms with Gasteiger partial charge in [-0.1, -0.05) is 100.0 Å². The average molecular weight is 590 g/mol. The van der Waals surface area contributed by atoms with Crippen LogP contribution in [0.3, 0.4) is 0 Å². The molecule has 0 bridgehead atoms. The smallest absolute Gasteiger partial charge is 0.469 e. The Labute approximate surface area is 250 Å². The lowest BCUT2D eigenvalue weighted by Gasteiger charge is -2.54. The molecule has 1 aliphatic rings. The Morgan fingerprint density at radius 3 is 1.95 bits per heavy atom. The van der Waals surface area contributed by atoms with Gasteiger partial charge in [0.1, 0.15) is 11.2 Å². The Hall–Kier alpha value is -3.54. The minimum absolute atomic E-state index is 0.156. The summed E-state index contributed by atoms with van der Waals surface area (Å²) < 4.78 is 25.0. The molecule has 3 amide bonds. The fraction of sp³-hybridized carbons (Fsp3) is 0.412. The molecular formula is C34H42N2O5P+. The topological polar surface area (TPSA) is 76.2 Å². The molecule has 0 saturated carbocycles. The summed E-state index contributed by atoms with van der Waals surface area (Å²) in [7, 11) is -0.228. The van der Waals surface area contributed by atoms with Gasteiger partial charge in [0.2, 0.25) is 11.6 Å². The van der Waals surface area contributed by atoms with Crippen molar-refractivity contribution in [3.05, 3.63) is 102 Å². The summed E-state index contributed by atoms with van der Waals surface area (Å²) in [5.41, 5.74) is 1.56. The SMILES string of the molecule is CCCC(c1ccccc1)N(C)C(=O)N1C(=O)C(CC)(CC)C1Oc1ccc(C(c2ccccc2)[P+](=O)OCC)cc1. The Bertz CT molecular complexity index is 1350. The Balaban J connectivity index is 1.60. The summed E-state index contributed by atoms with van der Waals surface area (Å²) in [6, 6.07) is 26.4. The molecule has 1 fully saturated rings. The van der Waals surface area contributed by atoms with Crippen LogP contribution in [0.25, 0.3) is 0 Å². The molecule has 3 aromatic carbocycles. The van der Waals surface area contributed by atoms with E-state index in [0.717, 1.165) is 29.5 Å². The van der Waals surface area contributed by atoms with Gasteiger partial charge in [0.25, 0.3) is 0 Å². The Morgan fingerprint density at radius 2 is 1.43 bits per heavy atom. The van der Waals surface area contributed by atoms with Crippen LogP contribution in [0.2, 0.25) is 0 Å². The number of ether oxygens (including phenoxy) is 1. The second-order valence-electron chi connectivity index (χ2n) is 10.7. The van der Waals surface area contributed by atoms with Gasteiger partial charge in [0.05, 0.1) is 12.6 Å². The first kappa shape index (κ1) is 31.4. The van der Waals surface area contributed by atoms with E-state index < -0.39 is 25.3 Å². The molecule has 42 heavy (non-hydrogen) atoms. The van der Waals surface area contributed by atoms with Crippen molar-refractivity contribution in [2.24, 2.45) is 5.41 Å². The second-order valence-corrected chi connectivity index (χ2v) is 12.0. The number of carbonyl (C=O) groups is 2. The number of nitrogens with zero attached hydrogens (tertiary/aromatic N) is 2. The number of likely N-dealkylation sites (tertiary alicyclic amines) is 1. The lowest BCUT2D eigenvalue weighted by atomic mass is 9.72. The minimum atomic E-state index is -1.99. The van der Waals surface area contributed by atoms with Crippen molar-refractivity contribution in [3.63, 3.8) is 0 Å². The molecule has 222 valence electrons. The van der Waals surface area contributed by atoms with Gasteiger partial charge in [0, 0.05) is 18.2 Å². The predicted molar refractivity (Wildman–Crippen MR) is 165 cm³/mol. The second kappa shape index (κ2) is 14.1. The van der Waals surface area contributed by atoms with Gasteiger partial charge in [-0.15, -0.1) is 4.52 Å². The molecule has 1 heterocycles. The maximum atomic E-state index is 13.9. The van der Waals surface area contributed by atoms with Crippen molar-refractivity contribution in [1.82, 2.24) is 9.80 Å². The van der Waals surface area contributed by atoms with Crippen molar-refractivity contribution in [3.8, 4) is 5.75 Å². The zero-order valence-corrected chi connectivity index (χ0v) is 26.1. The maximum absolute atomic E-state index is 13.9. The fourth-order valence-corrected chi connectivity index (χ4v) is 7.09. The van der Waals surface area contributed by atoms with E-state index in [-0.39, 0.29) is 18.0 Å². The monoisotopic (exact) mass is 589 g/mol. The highest BCUT2D eigenvalue weighted by molar-refractivity contribution is 7.40. The molecule has 0 radical (unpaired) electrons. The first-order valence-corrected chi connectivity index (χ1v) is 16.1. The van der Waals surface area contributed by atoms with Crippen LogP contribution < -0.4 is 4.74 Å². The normalized spacial score (nSPS) is 17.6. The number of imide groups is 1. The van der Waals surface area contributed by atoms with E-state index in [0.29, 0.717) is 25.2 Å². The van der Waals surface area contributed by atoms with Crippen LogP contribution in [0.15, 0.2) is 84.9 Å². The van der Waals surface area contributed by atoms with E-state index in [1.807, 2.05) is 106 Å². The van der Waals surface area contributed by atoms with Gasteiger partial charge < -0.3 is 9.64 Å². The Kier molecular flexibility index (Phi) is 10.5. The van der Waals surface area contributed by atoms with Gasteiger partial charge in [-0.25, -0.2) is 9.69 Å². The van der Waals surface area contributed by atoms with E-state index >= 15 is 0 Å². The molecule has 0 N–H and O–H groups in total. The maximum Gasteiger partial charge on any atom is 0.521 e. The van der Waals surface area contributed by atoms with Crippen LogP contribution in [0.1, 0.15) is 81.8 Å². The van der Waals surface area contributed by atoms with E-state index in [2.05, 4.69) is 6.92 Å². The molecular weight excluding hydrogens is 547 g/mol. The van der Waals surface area contributed by atoms with Gasteiger partial charge in [-0.05, 0) is 48.4 Å². The number of amides is 3. The molecule has 4 rings (SSSR count). The number of rotatable bonds is 13. The molecule has 3 aromatic rings. The lowest BCUT2D eigenvalue weighted by Crippen LogP contribution is -2.73. The summed E-state index contributed by atoms with van der Waals surface area (Å²) in [6.07, 6.45) is 2.05. The predicted octanol–water partition coefficient (Wildman–Crippen LogP) is 8.50. The van der Waals surface area contributed by atoms with Gasteiger partial charge in [-0.2, -0.15) is 0 Å². The Morgan fingerprint density at radius 1 is 0.881 bits per heavy atom. The van der Waals surface area contributed by atoms with Crippen molar-refractivity contribution >= 4 is 20.0 Å². The van der Waals surface area contributed by atoms with Gasteiger partial charge >= 0.3 is 14.1 Å². The van der Waals surface area contributed by atoms with E-state index in [9.17, 15) is 14.2 Å². The van der Waals surface area contributed by atoms with Crippen LogP contribution in [0, 0.1) is 5.41 Å². The van der Waals surface area contributed by atoms with Crippen LogP contribution in [-0.4, -0.2) is 41.6 Å². The molecule has 7 nitrogen and oxygen atoms in total. The highest BCUT2D eigenvalue weighted by Gasteiger charge is 2.63. The summed E-state index contributed by atoms with van der Waals surface area (Å²) in [5.74, 6) is 0.335. The number of urea groups is 1. The third-order valence-corrected chi connectivity index (χ3v) is 9.89. The highest BCUT2D eigenvalue weighted by Crippen LogP contribution is 2.49. The standard InChI is InChI=1S/C34H42N2O5P/c1-6-16-29(25-17-12-10-13-18-25)35(5)33(38)36-31(37)34(7-2,8-3)32(36)41-28-23-21-27(22-24-28)30(42(39)40-9-4)26-19-14-11-15-20-26/h10-15,17-24,29-30,32H,6-9,16H2,1-5H3/q+1. The van der Waals surface area contributed by atoms with Gasteiger partial charge in [0.15, 0.2) is 6.23 Å². The number of hydrogen-bond donors (Lipinski definition) is 0.